The number of morpholine rings is 1. The first-order chi connectivity index (χ1) is 16.2. The smallest absolute Gasteiger partial charge is 0.320 e. The van der Waals surface area contributed by atoms with E-state index in [4.69, 9.17) is 9.72 Å². The maximum atomic E-state index is 13.4. The summed E-state index contributed by atoms with van der Waals surface area (Å²) in [5.74, 6) is 0.492. The van der Waals surface area contributed by atoms with E-state index in [-0.39, 0.29) is 11.9 Å². The van der Waals surface area contributed by atoms with Crippen LogP contribution in [0.4, 0.5) is 4.79 Å². The molecule has 1 aromatic heterocycles. The number of piperidine rings is 1. The molecule has 0 radical (unpaired) electrons. The van der Waals surface area contributed by atoms with Crippen LogP contribution in [0.2, 0.25) is 0 Å². The van der Waals surface area contributed by atoms with Crippen molar-refractivity contribution in [2.24, 2.45) is 0 Å². The van der Waals surface area contributed by atoms with E-state index in [1.54, 1.807) is 0 Å². The van der Waals surface area contributed by atoms with Crippen molar-refractivity contribution in [3.05, 3.63) is 83.9 Å². The number of hydrogen-bond acceptors (Lipinski definition) is 3. The first-order valence-electron chi connectivity index (χ1n) is 12.0. The molecule has 6 nitrogen and oxygen atoms in total. The first-order valence-corrected chi connectivity index (χ1v) is 12.0. The lowest BCUT2D eigenvalue weighted by atomic mass is 9.83. The fraction of sp³-hybridized carbons (Fsp3) is 0.407. The summed E-state index contributed by atoms with van der Waals surface area (Å²) in [6.07, 6.45) is 6.04. The van der Waals surface area contributed by atoms with E-state index < -0.39 is 0 Å². The summed E-state index contributed by atoms with van der Waals surface area (Å²) in [5, 5.41) is 0. The number of rotatable bonds is 4. The number of hydrogen-bond donors (Lipinski definition) is 0. The van der Waals surface area contributed by atoms with E-state index in [1.165, 1.54) is 11.1 Å². The SMILES string of the molecule is CCc1ccc(C2CC(c3cn(-c4ccccc4)cn3)CN(C(=O)N3CCOCC3)C2)cc1. The van der Waals surface area contributed by atoms with Crippen molar-refractivity contribution in [1.29, 1.82) is 0 Å². The maximum absolute atomic E-state index is 13.4. The number of urea groups is 1. The number of carbonyl (C=O) groups excluding carboxylic acids is 1. The molecule has 2 fully saturated rings. The summed E-state index contributed by atoms with van der Waals surface area (Å²) in [5.41, 5.74) is 4.79. The number of aryl methyl sites for hydroxylation is 1. The zero-order valence-corrected chi connectivity index (χ0v) is 19.3. The van der Waals surface area contributed by atoms with Gasteiger partial charge >= 0.3 is 6.03 Å². The molecule has 6 heteroatoms. The van der Waals surface area contributed by atoms with Gasteiger partial charge in [0, 0.05) is 49.9 Å². The number of para-hydroxylation sites is 1. The molecule has 2 aliphatic heterocycles. The second kappa shape index (κ2) is 9.79. The molecule has 2 aromatic carbocycles. The number of likely N-dealkylation sites (tertiary alicyclic amines) is 1. The van der Waals surface area contributed by atoms with Gasteiger partial charge in [0.15, 0.2) is 0 Å². The molecule has 0 bridgehead atoms. The van der Waals surface area contributed by atoms with E-state index >= 15 is 0 Å². The molecule has 3 aromatic rings. The molecule has 2 aliphatic rings. The largest absolute Gasteiger partial charge is 0.378 e. The van der Waals surface area contributed by atoms with Crippen LogP contribution >= 0.6 is 0 Å². The number of carbonyl (C=O) groups is 1. The molecule has 2 unspecified atom stereocenters. The molecule has 2 saturated heterocycles. The fourth-order valence-corrected chi connectivity index (χ4v) is 4.98. The summed E-state index contributed by atoms with van der Waals surface area (Å²) < 4.78 is 7.53. The van der Waals surface area contributed by atoms with Gasteiger partial charge in [-0.3, -0.25) is 0 Å². The van der Waals surface area contributed by atoms with Gasteiger partial charge in [-0.1, -0.05) is 49.4 Å². The predicted molar refractivity (Wildman–Crippen MR) is 129 cm³/mol. The second-order valence-electron chi connectivity index (χ2n) is 9.05. The van der Waals surface area contributed by atoms with E-state index in [1.807, 2.05) is 34.3 Å². The summed E-state index contributed by atoms with van der Waals surface area (Å²) >= 11 is 0. The average Bonchev–Trinajstić information content (AvgIpc) is 3.40. The third-order valence-electron chi connectivity index (χ3n) is 6.94. The standard InChI is InChI=1S/C27H32N4O2/c1-2-21-8-10-22(11-9-21)23-16-24(18-30(17-23)27(32)29-12-14-33-15-13-29)26-19-31(20-28-26)25-6-4-3-5-7-25/h3-11,19-20,23-24H,2,12-18H2,1H3. The number of ether oxygens (including phenoxy) is 1. The van der Waals surface area contributed by atoms with Crippen LogP contribution in [-0.2, 0) is 11.2 Å². The van der Waals surface area contributed by atoms with E-state index in [9.17, 15) is 4.79 Å². The van der Waals surface area contributed by atoms with Crippen LogP contribution < -0.4 is 0 Å². The Kier molecular flexibility index (Phi) is 6.44. The Morgan fingerprint density at radius 3 is 2.42 bits per heavy atom. The van der Waals surface area contributed by atoms with Crippen molar-refractivity contribution in [2.75, 3.05) is 39.4 Å². The first kappa shape index (κ1) is 21.7. The minimum Gasteiger partial charge on any atom is -0.378 e. The number of nitrogens with zero attached hydrogens (tertiary/aromatic N) is 4. The van der Waals surface area contributed by atoms with Gasteiger partial charge in [0.25, 0.3) is 0 Å². The van der Waals surface area contributed by atoms with Crippen LogP contribution in [0, 0.1) is 0 Å². The molecule has 172 valence electrons. The Hall–Kier alpha value is -3.12. The van der Waals surface area contributed by atoms with Crippen LogP contribution in [0.5, 0.6) is 0 Å². The number of benzene rings is 2. The highest BCUT2D eigenvalue weighted by Gasteiger charge is 2.35. The van der Waals surface area contributed by atoms with Crippen molar-refractivity contribution in [2.45, 2.75) is 31.6 Å². The highest BCUT2D eigenvalue weighted by atomic mass is 16.5. The minimum atomic E-state index is 0.126. The lowest BCUT2D eigenvalue weighted by Crippen LogP contribution is -2.52. The van der Waals surface area contributed by atoms with Crippen molar-refractivity contribution < 1.29 is 9.53 Å². The molecule has 33 heavy (non-hydrogen) atoms. The Morgan fingerprint density at radius 1 is 0.970 bits per heavy atom. The fourth-order valence-electron chi connectivity index (χ4n) is 4.98. The number of imidazole rings is 1. The third kappa shape index (κ3) is 4.81. The Balaban J connectivity index is 1.41. The van der Waals surface area contributed by atoms with Gasteiger partial charge in [-0.25, -0.2) is 9.78 Å². The van der Waals surface area contributed by atoms with Gasteiger partial charge < -0.3 is 19.1 Å². The minimum absolute atomic E-state index is 0.126. The molecule has 3 heterocycles. The van der Waals surface area contributed by atoms with E-state index in [0.717, 1.165) is 30.8 Å². The third-order valence-corrected chi connectivity index (χ3v) is 6.94. The molecule has 0 saturated carbocycles. The summed E-state index contributed by atoms with van der Waals surface area (Å²) in [7, 11) is 0. The lowest BCUT2D eigenvalue weighted by Gasteiger charge is -2.40. The van der Waals surface area contributed by atoms with Gasteiger partial charge in [-0.15, -0.1) is 0 Å². The zero-order chi connectivity index (χ0) is 22.6. The highest BCUT2D eigenvalue weighted by Crippen LogP contribution is 2.36. The average molecular weight is 445 g/mol. The van der Waals surface area contributed by atoms with Crippen molar-refractivity contribution in [3.8, 4) is 5.69 Å². The summed E-state index contributed by atoms with van der Waals surface area (Å²) in [6.45, 7) is 6.19. The Labute approximate surface area is 195 Å². The van der Waals surface area contributed by atoms with Crippen molar-refractivity contribution >= 4 is 6.03 Å². The van der Waals surface area contributed by atoms with Gasteiger partial charge in [0.05, 0.1) is 25.2 Å². The van der Waals surface area contributed by atoms with Crippen LogP contribution in [0.25, 0.3) is 5.69 Å². The van der Waals surface area contributed by atoms with E-state index in [2.05, 4.69) is 54.1 Å². The van der Waals surface area contributed by atoms with Crippen LogP contribution in [-0.4, -0.2) is 64.8 Å². The summed E-state index contributed by atoms with van der Waals surface area (Å²) in [4.78, 5) is 22.2. The van der Waals surface area contributed by atoms with Gasteiger partial charge in [-0.05, 0) is 36.1 Å². The molecular formula is C27H32N4O2. The summed E-state index contributed by atoms with van der Waals surface area (Å²) in [6, 6.07) is 19.3. The lowest BCUT2D eigenvalue weighted by molar-refractivity contribution is 0.0398. The second-order valence-corrected chi connectivity index (χ2v) is 9.05. The monoisotopic (exact) mass is 444 g/mol. The van der Waals surface area contributed by atoms with Crippen molar-refractivity contribution in [3.63, 3.8) is 0 Å². The number of amides is 2. The topological polar surface area (TPSA) is 50.6 Å². The van der Waals surface area contributed by atoms with Gasteiger partial charge in [-0.2, -0.15) is 0 Å². The normalized spacial score (nSPS) is 21.2. The number of aromatic nitrogens is 2. The van der Waals surface area contributed by atoms with Crippen LogP contribution in [0.15, 0.2) is 67.1 Å². The molecule has 0 N–H and O–H groups in total. The quantitative estimate of drug-likeness (QED) is 0.597. The zero-order valence-electron chi connectivity index (χ0n) is 19.3. The predicted octanol–water partition coefficient (Wildman–Crippen LogP) is 4.46. The van der Waals surface area contributed by atoms with E-state index in [0.29, 0.717) is 38.8 Å². The van der Waals surface area contributed by atoms with Crippen LogP contribution in [0.1, 0.15) is 42.0 Å². The molecule has 5 rings (SSSR count). The van der Waals surface area contributed by atoms with Crippen LogP contribution in [0.3, 0.4) is 0 Å². The Bertz CT molecular complexity index is 1060. The molecule has 2 amide bonds. The van der Waals surface area contributed by atoms with Crippen molar-refractivity contribution in [1.82, 2.24) is 19.4 Å². The Morgan fingerprint density at radius 2 is 1.70 bits per heavy atom. The highest BCUT2D eigenvalue weighted by molar-refractivity contribution is 5.75. The van der Waals surface area contributed by atoms with Gasteiger partial charge in [0.1, 0.15) is 0 Å². The molecule has 0 spiro atoms. The molecular weight excluding hydrogens is 412 g/mol. The maximum Gasteiger partial charge on any atom is 0.320 e. The molecule has 0 aliphatic carbocycles. The van der Waals surface area contributed by atoms with Gasteiger partial charge in [0.2, 0.25) is 0 Å². The molecule has 2 atom stereocenters.